The monoisotopic (exact) mass is 420 g/mol. The van der Waals surface area contributed by atoms with Crippen LogP contribution in [0.3, 0.4) is 0 Å². The van der Waals surface area contributed by atoms with Crippen molar-refractivity contribution < 1.29 is 9.47 Å². The summed E-state index contributed by atoms with van der Waals surface area (Å²) in [5, 5.41) is 4.20. The molecule has 0 heterocycles. The molecule has 3 aromatic rings. The number of benzene rings is 3. The van der Waals surface area contributed by atoms with Gasteiger partial charge >= 0.3 is 0 Å². The number of hydrogen-bond donors (Lipinski definition) is 1. The largest absolute Gasteiger partial charge is 0.493 e. The van der Waals surface area contributed by atoms with Crippen LogP contribution in [-0.2, 0) is 13.1 Å². The number of nitrogens with one attached hydrogen (secondary N) is 1. The summed E-state index contributed by atoms with van der Waals surface area (Å²) in [5.41, 5.74) is 3.50. The first-order valence-corrected chi connectivity index (χ1v) is 10.4. The molecule has 0 aliphatic heterocycles. The molecule has 0 bridgehead atoms. The number of methoxy groups -OCH3 is 2. The maximum atomic E-state index is 5.82. The quantitative estimate of drug-likeness (QED) is 0.498. The second-order valence-corrected chi connectivity index (χ2v) is 7.50. The lowest BCUT2D eigenvalue weighted by Gasteiger charge is -2.29. The molecule has 0 saturated heterocycles. The zero-order chi connectivity index (χ0) is 21.3. The van der Waals surface area contributed by atoms with E-state index < -0.39 is 0 Å². The molecule has 0 amide bonds. The molecule has 156 valence electrons. The Morgan fingerprint density at radius 3 is 2.07 bits per heavy atom. The van der Waals surface area contributed by atoms with Crippen molar-refractivity contribution in [1.82, 2.24) is 10.2 Å². The first-order valence-electron chi connectivity index (χ1n) is 9.96. The van der Waals surface area contributed by atoms with Crippen molar-refractivity contribution in [2.45, 2.75) is 26.1 Å². The van der Waals surface area contributed by atoms with Gasteiger partial charge in [0.2, 0.25) is 0 Å². The summed E-state index contributed by atoms with van der Waals surface area (Å²) in [6, 6.07) is 26.8. The van der Waals surface area contributed by atoms with Gasteiger partial charge in [0, 0.05) is 13.1 Å². The lowest BCUT2D eigenvalue weighted by molar-refractivity contribution is 0.352. The van der Waals surface area contributed by atoms with E-state index in [9.17, 15) is 0 Å². The van der Waals surface area contributed by atoms with Crippen LogP contribution in [0.5, 0.6) is 11.5 Å². The van der Waals surface area contributed by atoms with E-state index in [0.717, 1.165) is 5.56 Å². The summed E-state index contributed by atoms with van der Waals surface area (Å²) >= 11 is 5.82. The minimum absolute atomic E-state index is 0.113. The Kier molecular flexibility index (Phi) is 7.69. The molecule has 3 aromatic carbocycles. The van der Waals surface area contributed by atoms with Crippen molar-refractivity contribution in [3.8, 4) is 11.5 Å². The molecule has 30 heavy (non-hydrogen) atoms. The normalized spacial score (nSPS) is 11.4. The first kappa shape index (κ1) is 21.7. The number of hydrogen-bond acceptors (Lipinski definition) is 3. The Labute approximate surface area is 184 Å². The highest BCUT2D eigenvalue weighted by atomic mass is 32.1. The Balaban J connectivity index is 1.80. The van der Waals surface area contributed by atoms with Crippen molar-refractivity contribution in [1.29, 1.82) is 0 Å². The highest BCUT2D eigenvalue weighted by Gasteiger charge is 2.16. The summed E-state index contributed by atoms with van der Waals surface area (Å²) in [5.74, 6) is 1.43. The average Bonchev–Trinajstić information content (AvgIpc) is 2.79. The van der Waals surface area contributed by atoms with Crippen LogP contribution < -0.4 is 14.8 Å². The third-order valence-electron chi connectivity index (χ3n) is 4.96. The second-order valence-electron chi connectivity index (χ2n) is 7.11. The van der Waals surface area contributed by atoms with Gasteiger partial charge in [-0.25, -0.2) is 0 Å². The van der Waals surface area contributed by atoms with E-state index in [-0.39, 0.29) is 6.04 Å². The van der Waals surface area contributed by atoms with E-state index in [0.29, 0.717) is 29.7 Å². The summed E-state index contributed by atoms with van der Waals surface area (Å²) < 4.78 is 10.8. The summed E-state index contributed by atoms with van der Waals surface area (Å²) in [6.07, 6.45) is 0. The van der Waals surface area contributed by atoms with Gasteiger partial charge < -0.3 is 19.7 Å². The highest BCUT2D eigenvalue weighted by molar-refractivity contribution is 7.80. The van der Waals surface area contributed by atoms with Crippen molar-refractivity contribution in [2.75, 3.05) is 14.2 Å². The van der Waals surface area contributed by atoms with E-state index in [1.54, 1.807) is 14.2 Å². The smallest absolute Gasteiger partial charge is 0.170 e. The first-order chi connectivity index (χ1) is 14.6. The molecule has 0 aromatic heterocycles. The molecule has 0 aliphatic rings. The molecule has 1 atom stereocenters. The maximum Gasteiger partial charge on any atom is 0.170 e. The third kappa shape index (κ3) is 5.74. The summed E-state index contributed by atoms with van der Waals surface area (Å²) in [6.45, 7) is 3.49. The molecule has 5 heteroatoms. The molecular formula is C25H28N2O2S. The molecule has 1 N–H and O–H groups in total. The zero-order valence-electron chi connectivity index (χ0n) is 17.7. The molecule has 3 rings (SSSR count). The number of rotatable bonds is 8. The van der Waals surface area contributed by atoms with Gasteiger partial charge in [-0.1, -0.05) is 66.7 Å². The molecular weight excluding hydrogens is 392 g/mol. The van der Waals surface area contributed by atoms with Crippen LogP contribution in [0.4, 0.5) is 0 Å². The van der Waals surface area contributed by atoms with Gasteiger partial charge in [0.1, 0.15) is 0 Å². The number of ether oxygens (including phenoxy) is 2. The van der Waals surface area contributed by atoms with Crippen LogP contribution in [0.15, 0.2) is 78.9 Å². The van der Waals surface area contributed by atoms with Gasteiger partial charge in [0.05, 0.1) is 20.3 Å². The van der Waals surface area contributed by atoms with E-state index in [2.05, 4.69) is 41.4 Å². The molecule has 0 spiro atoms. The zero-order valence-corrected chi connectivity index (χ0v) is 18.5. The standard InChI is InChI=1S/C25H28N2O2S/c1-19(22-12-8-5-9-13-22)26-25(30)27(17-20-10-6-4-7-11-20)18-21-14-15-23(28-2)24(16-21)29-3/h4-16,19H,17-18H2,1-3H3,(H,26,30). The Bertz CT molecular complexity index is 948. The van der Waals surface area contributed by atoms with Gasteiger partial charge in [-0.3, -0.25) is 0 Å². The number of thiocarbonyl (C=S) groups is 1. The maximum absolute atomic E-state index is 5.82. The van der Waals surface area contributed by atoms with E-state index in [1.165, 1.54) is 11.1 Å². The Hall–Kier alpha value is -3.05. The molecule has 0 saturated carbocycles. The number of nitrogens with zero attached hydrogens (tertiary/aromatic N) is 1. The minimum Gasteiger partial charge on any atom is -0.493 e. The summed E-state index contributed by atoms with van der Waals surface area (Å²) in [7, 11) is 3.29. The van der Waals surface area contributed by atoms with Crippen LogP contribution in [-0.4, -0.2) is 24.2 Å². The van der Waals surface area contributed by atoms with Gasteiger partial charge in [-0.2, -0.15) is 0 Å². The molecule has 0 fully saturated rings. The van der Waals surface area contributed by atoms with E-state index >= 15 is 0 Å². The Morgan fingerprint density at radius 2 is 1.43 bits per heavy atom. The van der Waals surface area contributed by atoms with Crippen molar-refractivity contribution in [3.63, 3.8) is 0 Å². The van der Waals surface area contributed by atoms with Crippen LogP contribution in [0, 0.1) is 0 Å². The molecule has 0 aliphatic carbocycles. The fourth-order valence-electron chi connectivity index (χ4n) is 3.30. The topological polar surface area (TPSA) is 33.7 Å². The SMILES string of the molecule is COc1ccc(CN(Cc2ccccc2)C(=S)NC(C)c2ccccc2)cc1OC. The van der Waals surface area contributed by atoms with E-state index in [4.69, 9.17) is 21.7 Å². The highest BCUT2D eigenvalue weighted by Crippen LogP contribution is 2.28. The van der Waals surface area contributed by atoms with Gasteiger partial charge in [-0.15, -0.1) is 0 Å². The van der Waals surface area contributed by atoms with Gasteiger partial charge in [0.25, 0.3) is 0 Å². The second kappa shape index (κ2) is 10.6. The average molecular weight is 421 g/mol. The van der Waals surface area contributed by atoms with E-state index in [1.807, 2.05) is 54.6 Å². The molecule has 4 nitrogen and oxygen atoms in total. The van der Waals surface area contributed by atoms with Crippen LogP contribution in [0.1, 0.15) is 29.7 Å². The third-order valence-corrected chi connectivity index (χ3v) is 5.34. The van der Waals surface area contributed by atoms with Crippen molar-refractivity contribution >= 4 is 17.3 Å². The van der Waals surface area contributed by atoms with Gasteiger partial charge in [-0.05, 0) is 48.0 Å². The lowest BCUT2D eigenvalue weighted by Crippen LogP contribution is -2.40. The lowest BCUT2D eigenvalue weighted by atomic mass is 10.1. The predicted molar refractivity (Wildman–Crippen MR) is 126 cm³/mol. The van der Waals surface area contributed by atoms with Crippen LogP contribution in [0.2, 0.25) is 0 Å². The van der Waals surface area contributed by atoms with Crippen molar-refractivity contribution in [3.05, 3.63) is 95.6 Å². The minimum atomic E-state index is 0.113. The fraction of sp³-hybridized carbons (Fsp3) is 0.240. The fourth-order valence-corrected chi connectivity index (χ4v) is 3.61. The van der Waals surface area contributed by atoms with Crippen LogP contribution >= 0.6 is 12.2 Å². The molecule has 1 unspecified atom stereocenters. The van der Waals surface area contributed by atoms with Gasteiger partial charge in [0.15, 0.2) is 16.6 Å². The van der Waals surface area contributed by atoms with Crippen LogP contribution in [0.25, 0.3) is 0 Å². The van der Waals surface area contributed by atoms with Crippen molar-refractivity contribution in [2.24, 2.45) is 0 Å². The summed E-state index contributed by atoms with van der Waals surface area (Å²) in [4.78, 5) is 2.17. The predicted octanol–water partition coefficient (Wildman–Crippen LogP) is 5.34. The Morgan fingerprint density at radius 1 is 0.833 bits per heavy atom. The molecule has 0 radical (unpaired) electrons.